The lowest BCUT2D eigenvalue weighted by Gasteiger charge is -2.35. The number of hydrogen-bond donors (Lipinski definition) is 1. The molecule has 1 aliphatic heterocycles. The zero-order valence-corrected chi connectivity index (χ0v) is 11.5. The van der Waals surface area contributed by atoms with Crippen LogP contribution in [0.4, 0.5) is 0 Å². The Bertz CT molecular complexity index is 638. The smallest absolute Gasteiger partial charge is 0.346 e. The largest absolute Gasteiger partial charge is 0.485 e. The molecule has 0 radical (unpaired) electrons. The Balaban J connectivity index is 1.92. The predicted molar refractivity (Wildman–Crippen MR) is 75.7 cm³/mol. The monoisotopic (exact) mass is 274 g/mol. The molecule has 2 heterocycles. The van der Waals surface area contributed by atoms with Crippen molar-refractivity contribution >= 4 is 6.08 Å². The molecule has 2 aliphatic rings. The van der Waals surface area contributed by atoms with Crippen LogP contribution in [-0.4, -0.2) is 17.8 Å². The summed E-state index contributed by atoms with van der Waals surface area (Å²) in [5.74, 6) is 1.44. The van der Waals surface area contributed by atoms with Crippen LogP contribution in [0.2, 0.25) is 0 Å². The first-order valence-electron chi connectivity index (χ1n) is 6.89. The fraction of sp³-hybridized carbons (Fsp3) is 0.438. The van der Waals surface area contributed by atoms with Crippen molar-refractivity contribution in [1.29, 1.82) is 0 Å². The molecule has 0 aromatic carbocycles. The van der Waals surface area contributed by atoms with Crippen LogP contribution in [0.3, 0.4) is 0 Å². The number of aliphatic hydroxyl groups is 1. The predicted octanol–water partition coefficient (Wildman–Crippen LogP) is 2.44. The Morgan fingerprint density at radius 3 is 3.10 bits per heavy atom. The first-order valence-corrected chi connectivity index (χ1v) is 6.89. The van der Waals surface area contributed by atoms with Gasteiger partial charge < -0.3 is 14.3 Å². The maximum atomic E-state index is 11.8. The summed E-state index contributed by atoms with van der Waals surface area (Å²) in [5, 5.41) is 9.20. The van der Waals surface area contributed by atoms with E-state index in [4.69, 9.17) is 9.15 Å². The number of ether oxygens (including phenoxy) is 1. The van der Waals surface area contributed by atoms with Gasteiger partial charge in [0.15, 0.2) is 0 Å². The van der Waals surface area contributed by atoms with Crippen molar-refractivity contribution in [3.05, 3.63) is 45.5 Å². The summed E-state index contributed by atoms with van der Waals surface area (Å²) < 4.78 is 11.1. The van der Waals surface area contributed by atoms with Crippen LogP contribution in [0.1, 0.15) is 30.6 Å². The standard InChI is InChI=1S/C16H18O4/c1-9(8-17)11-3-4-12-6-13-15(20-14(12)7-11)5-10(2)19-16(13)18/h5-6,11,14,17H,1,3-4,7-8H2,2H3/t11-,14-/m0/s1. The van der Waals surface area contributed by atoms with Crippen molar-refractivity contribution in [2.24, 2.45) is 5.92 Å². The van der Waals surface area contributed by atoms with E-state index in [1.54, 1.807) is 13.0 Å². The molecular weight excluding hydrogens is 256 g/mol. The van der Waals surface area contributed by atoms with Gasteiger partial charge >= 0.3 is 5.63 Å². The van der Waals surface area contributed by atoms with Crippen LogP contribution >= 0.6 is 0 Å². The van der Waals surface area contributed by atoms with Crippen LogP contribution in [0.25, 0.3) is 6.08 Å². The summed E-state index contributed by atoms with van der Waals surface area (Å²) in [6, 6.07) is 1.76. The van der Waals surface area contributed by atoms with Crippen molar-refractivity contribution in [2.75, 3.05) is 6.61 Å². The molecule has 1 aliphatic carbocycles. The third-order valence-corrected chi connectivity index (χ3v) is 4.15. The maximum absolute atomic E-state index is 11.8. The molecule has 1 N–H and O–H groups in total. The summed E-state index contributed by atoms with van der Waals surface area (Å²) in [7, 11) is 0. The molecule has 1 aromatic heterocycles. The van der Waals surface area contributed by atoms with Crippen molar-refractivity contribution < 1.29 is 14.3 Å². The summed E-state index contributed by atoms with van der Waals surface area (Å²) >= 11 is 0. The lowest BCUT2D eigenvalue weighted by Crippen LogP contribution is -2.32. The minimum atomic E-state index is -0.340. The second kappa shape index (κ2) is 4.94. The molecule has 0 saturated heterocycles. The van der Waals surface area contributed by atoms with Crippen molar-refractivity contribution in [2.45, 2.75) is 32.3 Å². The molecule has 4 nitrogen and oxygen atoms in total. The normalized spacial score (nSPS) is 24.2. The van der Waals surface area contributed by atoms with Crippen LogP contribution in [0.15, 0.2) is 33.0 Å². The van der Waals surface area contributed by atoms with Gasteiger partial charge in [0, 0.05) is 6.07 Å². The van der Waals surface area contributed by atoms with Gasteiger partial charge in [-0.15, -0.1) is 0 Å². The van der Waals surface area contributed by atoms with Gasteiger partial charge in [0.25, 0.3) is 0 Å². The molecule has 1 aromatic rings. The third kappa shape index (κ3) is 2.20. The minimum absolute atomic E-state index is 0.0225. The molecule has 20 heavy (non-hydrogen) atoms. The average Bonchev–Trinajstić information content (AvgIpc) is 2.44. The Labute approximate surface area is 117 Å². The molecule has 4 heteroatoms. The zero-order chi connectivity index (χ0) is 14.3. The summed E-state index contributed by atoms with van der Waals surface area (Å²) in [5.41, 5.74) is 2.17. The minimum Gasteiger partial charge on any atom is -0.485 e. The number of rotatable bonds is 2. The van der Waals surface area contributed by atoms with Crippen molar-refractivity contribution in [1.82, 2.24) is 0 Å². The fourth-order valence-corrected chi connectivity index (χ4v) is 2.98. The van der Waals surface area contributed by atoms with Gasteiger partial charge in [-0.25, -0.2) is 4.79 Å². The Kier molecular flexibility index (Phi) is 3.26. The van der Waals surface area contributed by atoms with Gasteiger partial charge in [-0.2, -0.15) is 0 Å². The average molecular weight is 274 g/mol. The maximum Gasteiger partial charge on any atom is 0.346 e. The van der Waals surface area contributed by atoms with Crippen molar-refractivity contribution in [3.63, 3.8) is 0 Å². The van der Waals surface area contributed by atoms with E-state index in [0.717, 1.165) is 30.4 Å². The highest BCUT2D eigenvalue weighted by Gasteiger charge is 2.32. The topological polar surface area (TPSA) is 59.7 Å². The molecule has 3 rings (SSSR count). The van der Waals surface area contributed by atoms with E-state index in [1.165, 1.54) is 0 Å². The second-order valence-corrected chi connectivity index (χ2v) is 5.54. The number of aryl methyl sites for hydroxylation is 1. The van der Waals surface area contributed by atoms with Crippen LogP contribution < -0.4 is 10.4 Å². The molecule has 0 unspecified atom stereocenters. The second-order valence-electron chi connectivity index (χ2n) is 5.54. The molecule has 0 spiro atoms. The van der Waals surface area contributed by atoms with E-state index in [9.17, 15) is 9.90 Å². The number of fused-ring (bicyclic) bond motifs is 2. The van der Waals surface area contributed by atoms with Gasteiger partial charge in [-0.1, -0.05) is 6.58 Å². The van der Waals surface area contributed by atoms with E-state index in [0.29, 0.717) is 17.1 Å². The Morgan fingerprint density at radius 2 is 2.35 bits per heavy atom. The van der Waals surface area contributed by atoms with Gasteiger partial charge in [0.2, 0.25) is 0 Å². The first kappa shape index (κ1) is 13.2. The van der Waals surface area contributed by atoms with E-state index >= 15 is 0 Å². The van der Waals surface area contributed by atoms with Crippen LogP contribution in [0.5, 0.6) is 5.75 Å². The summed E-state index contributed by atoms with van der Waals surface area (Å²) in [6.07, 6.45) is 4.50. The first-order chi connectivity index (χ1) is 9.58. The van der Waals surface area contributed by atoms with E-state index < -0.39 is 0 Å². The molecule has 2 atom stereocenters. The molecule has 1 fully saturated rings. The molecule has 0 bridgehead atoms. The van der Waals surface area contributed by atoms with Crippen molar-refractivity contribution in [3.8, 4) is 5.75 Å². The molecular formula is C16H18O4. The van der Waals surface area contributed by atoms with Crippen LogP contribution in [-0.2, 0) is 0 Å². The molecule has 106 valence electrons. The summed E-state index contributed by atoms with van der Waals surface area (Å²) in [4.78, 5) is 11.8. The SMILES string of the molecule is C=C(CO)[C@H]1CCC2=Cc3c(cc(C)oc3=O)O[C@H]2C1. The quantitative estimate of drug-likeness (QED) is 0.841. The van der Waals surface area contributed by atoms with Gasteiger partial charge in [-0.05, 0) is 49.3 Å². The van der Waals surface area contributed by atoms with Gasteiger partial charge in [-0.3, -0.25) is 0 Å². The Morgan fingerprint density at radius 1 is 1.55 bits per heavy atom. The molecule has 0 amide bonds. The number of hydrogen-bond acceptors (Lipinski definition) is 4. The lowest BCUT2D eigenvalue weighted by molar-refractivity contribution is 0.170. The van der Waals surface area contributed by atoms with Gasteiger partial charge in [0.1, 0.15) is 23.2 Å². The van der Waals surface area contributed by atoms with E-state index in [1.807, 2.05) is 6.08 Å². The third-order valence-electron chi connectivity index (χ3n) is 4.15. The van der Waals surface area contributed by atoms with Crippen LogP contribution in [0, 0.1) is 12.8 Å². The van der Waals surface area contributed by atoms with E-state index in [2.05, 4.69) is 6.58 Å². The van der Waals surface area contributed by atoms with E-state index in [-0.39, 0.29) is 24.3 Å². The highest BCUT2D eigenvalue weighted by Crippen LogP contribution is 2.39. The zero-order valence-electron chi connectivity index (χ0n) is 11.5. The highest BCUT2D eigenvalue weighted by atomic mass is 16.5. The summed E-state index contributed by atoms with van der Waals surface area (Å²) in [6.45, 7) is 5.68. The lowest BCUT2D eigenvalue weighted by atomic mass is 9.79. The molecule has 1 saturated carbocycles. The van der Waals surface area contributed by atoms with Gasteiger partial charge in [0.05, 0.1) is 6.61 Å². The Hall–Kier alpha value is -1.81. The fourth-order valence-electron chi connectivity index (χ4n) is 2.98. The number of aliphatic hydroxyl groups excluding tert-OH is 1. The highest BCUT2D eigenvalue weighted by molar-refractivity contribution is 5.62.